The molecule has 0 unspecified atom stereocenters. The van der Waals surface area contributed by atoms with Gasteiger partial charge in [0.1, 0.15) is 0 Å². The van der Waals surface area contributed by atoms with Crippen molar-refractivity contribution >= 4 is 10.0 Å². The molecule has 1 aliphatic rings. The second kappa shape index (κ2) is 6.87. The minimum atomic E-state index is -3.51. The van der Waals surface area contributed by atoms with E-state index in [1.54, 1.807) is 18.2 Å². The maximum Gasteiger partial charge on any atom is 0.240 e. The van der Waals surface area contributed by atoms with Gasteiger partial charge in [-0.2, -0.15) is 0 Å². The normalized spacial score (nSPS) is 18.0. The molecule has 21 heavy (non-hydrogen) atoms. The summed E-state index contributed by atoms with van der Waals surface area (Å²) in [6.45, 7) is 3.66. The number of hydrogen-bond acceptors (Lipinski definition) is 4. The van der Waals surface area contributed by atoms with Crippen LogP contribution in [0.1, 0.15) is 30.9 Å². The van der Waals surface area contributed by atoms with E-state index in [1.807, 2.05) is 14.0 Å². The minimum absolute atomic E-state index is 0.00497. The topological polar surface area (TPSA) is 69.6 Å². The number of sulfonamides is 1. The van der Waals surface area contributed by atoms with E-state index in [4.69, 9.17) is 0 Å². The van der Waals surface area contributed by atoms with Gasteiger partial charge in [-0.25, -0.2) is 13.1 Å². The Labute approximate surface area is 127 Å². The highest BCUT2D eigenvalue weighted by molar-refractivity contribution is 7.89. The van der Waals surface area contributed by atoms with Crippen LogP contribution in [0.2, 0.25) is 0 Å². The van der Waals surface area contributed by atoms with Crippen molar-refractivity contribution in [2.24, 2.45) is 0 Å². The summed E-state index contributed by atoms with van der Waals surface area (Å²) in [5.74, 6) is 0. The van der Waals surface area contributed by atoms with E-state index >= 15 is 0 Å². The number of nitrogens with one attached hydrogen (secondary N) is 1. The van der Waals surface area contributed by atoms with Crippen molar-refractivity contribution in [2.45, 2.75) is 43.7 Å². The SMILES string of the molecule is CCc1ccc(S(=O)(=O)NC2CCN(C)CC2)cc1CO. The Morgan fingerprint density at radius 1 is 1.29 bits per heavy atom. The van der Waals surface area contributed by atoms with E-state index < -0.39 is 10.0 Å². The predicted molar refractivity (Wildman–Crippen MR) is 82.6 cm³/mol. The Bertz CT molecular complexity index is 579. The number of aliphatic hydroxyl groups excluding tert-OH is 1. The Morgan fingerprint density at radius 3 is 2.52 bits per heavy atom. The fraction of sp³-hybridized carbons (Fsp3) is 0.600. The number of nitrogens with zero attached hydrogens (tertiary/aromatic N) is 1. The van der Waals surface area contributed by atoms with E-state index in [0.29, 0.717) is 5.56 Å². The van der Waals surface area contributed by atoms with Crippen molar-refractivity contribution in [3.63, 3.8) is 0 Å². The molecule has 0 atom stereocenters. The largest absolute Gasteiger partial charge is 0.392 e. The summed E-state index contributed by atoms with van der Waals surface area (Å²) in [4.78, 5) is 2.44. The molecule has 5 nitrogen and oxygen atoms in total. The van der Waals surface area contributed by atoms with Crippen molar-refractivity contribution in [1.82, 2.24) is 9.62 Å². The van der Waals surface area contributed by atoms with Gasteiger partial charge < -0.3 is 10.0 Å². The number of likely N-dealkylation sites (tertiary alicyclic amines) is 1. The van der Waals surface area contributed by atoms with Crippen LogP contribution in [-0.4, -0.2) is 44.6 Å². The molecule has 2 rings (SSSR count). The summed E-state index contributed by atoms with van der Waals surface area (Å²) < 4.78 is 27.7. The number of benzene rings is 1. The smallest absolute Gasteiger partial charge is 0.240 e. The summed E-state index contributed by atoms with van der Waals surface area (Å²) in [5.41, 5.74) is 1.67. The lowest BCUT2D eigenvalue weighted by molar-refractivity contribution is 0.248. The van der Waals surface area contributed by atoms with Crippen molar-refractivity contribution in [3.8, 4) is 0 Å². The molecular formula is C15H24N2O3S. The summed E-state index contributed by atoms with van der Waals surface area (Å²) in [7, 11) is -1.47. The highest BCUT2D eigenvalue weighted by atomic mass is 32.2. The summed E-state index contributed by atoms with van der Waals surface area (Å²) in [6, 6.07) is 4.98. The number of hydrogen-bond donors (Lipinski definition) is 2. The molecule has 0 radical (unpaired) electrons. The number of aryl methyl sites for hydroxylation is 1. The third kappa shape index (κ3) is 4.03. The molecule has 0 amide bonds. The molecule has 118 valence electrons. The predicted octanol–water partition coefficient (Wildman–Crippen LogP) is 1.11. The first-order valence-corrected chi connectivity index (χ1v) is 8.88. The highest BCUT2D eigenvalue weighted by Crippen LogP contribution is 2.19. The molecule has 0 aromatic heterocycles. The van der Waals surface area contributed by atoms with Crippen LogP contribution in [0, 0.1) is 0 Å². The van der Waals surface area contributed by atoms with E-state index in [2.05, 4.69) is 9.62 Å². The summed E-state index contributed by atoms with van der Waals surface area (Å²) in [5, 5.41) is 9.37. The molecule has 0 aliphatic carbocycles. The van der Waals surface area contributed by atoms with Crippen LogP contribution in [0.4, 0.5) is 0 Å². The molecule has 0 saturated carbocycles. The molecule has 1 aromatic carbocycles. The second-order valence-electron chi connectivity index (χ2n) is 5.64. The average molecular weight is 312 g/mol. The van der Waals surface area contributed by atoms with Gasteiger partial charge in [0.25, 0.3) is 0 Å². The zero-order valence-corrected chi connectivity index (χ0v) is 13.5. The number of piperidine rings is 1. The maximum absolute atomic E-state index is 12.4. The molecule has 0 bridgehead atoms. The summed E-state index contributed by atoms with van der Waals surface area (Å²) >= 11 is 0. The van der Waals surface area contributed by atoms with Crippen molar-refractivity contribution in [1.29, 1.82) is 0 Å². The molecule has 1 aliphatic heterocycles. The van der Waals surface area contributed by atoms with Gasteiger partial charge in [-0.05, 0) is 62.7 Å². The third-order valence-corrected chi connectivity index (χ3v) is 5.60. The lowest BCUT2D eigenvalue weighted by Gasteiger charge is -2.29. The van der Waals surface area contributed by atoms with Gasteiger partial charge in [0.05, 0.1) is 11.5 Å². The second-order valence-corrected chi connectivity index (χ2v) is 7.36. The van der Waals surface area contributed by atoms with E-state index in [0.717, 1.165) is 37.9 Å². The molecule has 2 N–H and O–H groups in total. The fourth-order valence-corrected chi connectivity index (χ4v) is 4.03. The van der Waals surface area contributed by atoms with Crippen LogP contribution in [0.3, 0.4) is 0 Å². The van der Waals surface area contributed by atoms with Crippen LogP contribution in [-0.2, 0) is 23.1 Å². The van der Waals surface area contributed by atoms with Crippen LogP contribution in [0.15, 0.2) is 23.1 Å². The maximum atomic E-state index is 12.4. The Balaban J connectivity index is 2.15. The monoisotopic (exact) mass is 312 g/mol. The van der Waals surface area contributed by atoms with Gasteiger partial charge in [-0.15, -0.1) is 0 Å². The van der Waals surface area contributed by atoms with Crippen LogP contribution in [0.5, 0.6) is 0 Å². The zero-order valence-electron chi connectivity index (χ0n) is 12.7. The molecule has 1 aromatic rings. The number of aliphatic hydroxyl groups is 1. The summed E-state index contributed by atoms with van der Waals surface area (Å²) in [6.07, 6.45) is 2.43. The first-order valence-electron chi connectivity index (χ1n) is 7.39. The number of rotatable bonds is 5. The Hall–Kier alpha value is -0.950. The first kappa shape index (κ1) is 16.4. The van der Waals surface area contributed by atoms with Crippen LogP contribution < -0.4 is 4.72 Å². The Kier molecular flexibility index (Phi) is 5.37. The van der Waals surface area contributed by atoms with Crippen molar-refractivity contribution in [3.05, 3.63) is 29.3 Å². The Morgan fingerprint density at radius 2 is 1.95 bits per heavy atom. The van der Waals surface area contributed by atoms with Gasteiger partial charge in [-0.3, -0.25) is 0 Å². The van der Waals surface area contributed by atoms with E-state index in [1.165, 1.54) is 0 Å². The van der Waals surface area contributed by atoms with E-state index in [9.17, 15) is 13.5 Å². The minimum Gasteiger partial charge on any atom is -0.392 e. The molecule has 1 saturated heterocycles. The highest BCUT2D eigenvalue weighted by Gasteiger charge is 2.23. The van der Waals surface area contributed by atoms with Crippen molar-refractivity contribution < 1.29 is 13.5 Å². The molecule has 6 heteroatoms. The fourth-order valence-electron chi connectivity index (χ4n) is 2.68. The van der Waals surface area contributed by atoms with E-state index in [-0.39, 0.29) is 17.5 Å². The average Bonchev–Trinajstić information content (AvgIpc) is 2.48. The lowest BCUT2D eigenvalue weighted by Crippen LogP contribution is -2.43. The first-order chi connectivity index (χ1) is 9.96. The van der Waals surface area contributed by atoms with Gasteiger partial charge in [0.2, 0.25) is 10.0 Å². The molecular weight excluding hydrogens is 288 g/mol. The lowest BCUT2D eigenvalue weighted by atomic mass is 10.1. The van der Waals surface area contributed by atoms with Crippen LogP contribution >= 0.6 is 0 Å². The van der Waals surface area contributed by atoms with Crippen molar-refractivity contribution in [2.75, 3.05) is 20.1 Å². The quantitative estimate of drug-likeness (QED) is 0.855. The van der Waals surface area contributed by atoms with Gasteiger partial charge in [0.15, 0.2) is 0 Å². The van der Waals surface area contributed by atoms with Crippen LogP contribution in [0.25, 0.3) is 0 Å². The van der Waals surface area contributed by atoms with Gasteiger partial charge >= 0.3 is 0 Å². The van der Waals surface area contributed by atoms with Gasteiger partial charge in [-0.1, -0.05) is 13.0 Å². The standard InChI is InChI=1S/C15H24N2O3S/c1-3-12-4-5-15(10-13(12)11-18)21(19,20)16-14-6-8-17(2)9-7-14/h4-5,10,14,16,18H,3,6-9,11H2,1-2H3. The molecule has 1 fully saturated rings. The molecule has 0 spiro atoms. The van der Waals surface area contributed by atoms with Gasteiger partial charge in [0, 0.05) is 6.04 Å². The zero-order chi connectivity index (χ0) is 15.5. The molecule has 1 heterocycles. The third-order valence-electron chi connectivity index (χ3n) is 4.08.